The molecular weight excluding hydrogens is 174 g/mol. The normalized spacial score (nSPS) is 14.3. The number of hydrogen-bond acceptors (Lipinski definition) is 2. The van der Waals surface area contributed by atoms with Gasteiger partial charge in [-0.2, -0.15) is 5.10 Å². The van der Waals surface area contributed by atoms with E-state index in [-0.39, 0.29) is 0 Å². The maximum atomic E-state index is 3.94. The van der Waals surface area contributed by atoms with Gasteiger partial charge < -0.3 is 5.32 Å². The summed E-state index contributed by atoms with van der Waals surface area (Å²) in [6.45, 7) is 9.96. The van der Waals surface area contributed by atoms with Gasteiger partial charge in [0.2, 0.25) is 0 Å². The number of aromatic nitrogens is 2. The molecule has 1 atom stereocenters. The topological polar surface area (TPSA) is 40.7 Å². The number of hydrogen-bond donors (Lipinski definition) is 2. The first kappa shape index (κ1) is 11.2. The lowest BCUT2D eigenvalue weighted by atomic mass is 9.90. The van der Waals surface area contributed by atoms with Crippen LogP contribution in [0.15, 0.2) is 12.3 Å². The average molecular weight is 195 g/mol. The van der Waals surface area contributed by atoms with E-state index in [1.54, 1.807) is 6.20 Å². The molecular formula is C11H21N3. The summed E-state index contributed by atoms with van der Waals surface area (Å²) in [7, 11) is 0. The lowest BCUT2D eigenvalue weighted by molar-refractivity contribution is 0.312. The van der Waals surface area contributed by atoms with Crippen molar-refractivity contribution in [2.75, 3.05) is 6.54 Å². The third-order valence-corrected chi connectivity index (χ3v) is 2.83. The quantitative estimate of drug-likeness (QED) is 0.758. The van der Waals surface area contributed by atoms with Crippen LogP contribution in [0.25, 0.3) is 0 Å². The van der Waals surface area contributed by atoms with Gasteiger partial charge in [0.05, 0.1) is 5.69 Å². The Morgan fingerprint density at radius 1 is 1.57 bits per heavy atom. The fourth-order valence-electron chi connectivity index (χ4n) is 1.17. The Morgan fingerprint density at radius 2 is 2.29 bits per heavy atom. The van der Waals surface area contributed by atoms with Crippen molar-refractivity contribution in [2.45, 2.75) is 40.2 Å². The smallest absolute Gasteiger partial charge is 0.0518 e. The van der Waals surface area contributed by atoms with Crippen molar-refractivity contribution in [1.29, 1.82) is 0 Å². The maximum absolute atomic E-state index is 3.94. The second kappa shape index (κ2) is 4.60. The lowest BCUT2D eigenvalue weighted by Gasteiger charge is -2.25. The summed E-state index contributed by atoms with van der Waals surface area (Å²) < 4.78 is 0. The van der Waals surface area contributed by atoms with Crippen molar-refractivity contribution in [3.8, 4) is 0 Å². The molecule has 1 heterocycles. The maximum Gasteiger partial charge on any atom is 0.0518 e. The predicted octanol–water partition coefficient (Wildman–Crippen LogP) is 2.50. The predicted molar refractivity (Wildman–Crippen MR) is 59.1 cm³/mol. The summed E-state index contributed by atoms with van der Waals surface area (Å²) in [6, 6.07) is 2.36. The van der Waals surface area contributed by atoms with Crippen molar-refractivity contribution < 1.29 is 0 Å². The van der Waals surface area contributed by atoms with Crippen molar-refractivity contribution >= 4 is 0 Å². The molecule has 1 unspecified atom stereocenters. The minimum atomic E-state index is 0.350. The van der Waals surface area contributed by atoms with E-state index in [0.717, 1.165) is 12.2 Å². The largest absolute Gasteiger partial charge is 0.308 e. The van der Waals surface area contributed by atoms with Crippen LogP contribution in [0.4, 0.5) is 0 Å². The number of nitrogens with one attached hydrogen (secondary N) is 2. The van der Waals surface area contributed by atoms with Crippen LogP contribution in [0.3, 0.4) is 0 Å². The lowest BCUT2D eigenvalue weighted by Crippen LogP contribution is -2.31. The zero-order chi connectivity index (χ0) is 10.6. The van der Waals surface area contributed by atoms with Crippen LogP contribution in [0.2, 0.25) is 0 Å². The molecule has 0 aliphatic rings. The van der Waals surface area contributed by atoms with Gasteiger partial charge in [-0.15, -0.1) is 0 Å². The highest BCUT2D eigenvalue weighted by Gasteiger charge is 2.16. The molecule has 0 radical (unpaired) electrons. The van der Waals surface area contributed by atoms with E-state index < -0.39 is 0 Å². The molecule has 0 amide bonds. The third kappa shape index (κ3) is 3.14. The molecule has 1 rings (SSSR count). The van der Waals surface area contributed by atoms with Gasteiger partial charge in [-0.3, -0.25) is 5.10 Å². The molecule has 0 saturated heterocycles. The molecule has 80 valence electrons. The standard InChI is InChI=1S/C11H21N3/c1-5-11(3,4)8-12-9(2)10-6-7-13-14-10/h6-7,9,12H,5,8H2,1-4H3,(H,13,14). The Kier molecular flexibility index (Phi) is 3.69. The van der Waals surface area contributed by atoms with Gasteiger partial charge >= 0.3 is 0 Å². The second-order valence-electron chi connectivity index (χ2n) is 4.63. The highest BCUT2D eigenvalue weighted by atomic mass is 15.1. The van der Waals surface area contributed by atoms with Gasteiger partial charge in [0.1, 0.15) is 0 Å². The van der Waals surface area contributed by atoms with Crippen molar-refractivity contribution in [1.82, 2.24) is 15.5 Å². The molecule has 0 aromatic carbocycles. The fraction of sp³-hybridized carbons (Fsp3) is 0.727. The highest BCUT2D eigenvalue weighted by molar-refractivity contribution is 5.02. The Hall–Kier alpha value is -0.830. The minimum absolute atomic E-state index is 0.350. The molecule has 0 saturated carbocycles. The first-order valence-electron chi connectivity index (χ1n) is 5.28. The van der Waals surface area contributed by atoms with Crippen molar-refractivity contribution in [3.05, 3.63) is 18.0 Å². The Balaban J connectivity index is 2.39. The van der Waals surface area contributed by atoms with Gasteiger partial charge in [0.15, 0.2) is 0 Å². The number of aromatic amines is 1. The van der Waals surface area contributed by atoms with Crippen LogP contribution in [0, 0.1) is 5.41 Å². The van der Waals surface area contributed by atoms with Gasteiger partial charge in [-0.1, -0.05) is 20.8 Å². The van der Waals surface area contributed by atoms with E-state index in [1.165, 1.54) is 6.42 Å². The Bertz CT molecular complexity index is 252. The van der Waals surface area contributed by atoms with Crippen molar-refractivity contribution in [3.63, 3.8) is 0 Å². The zero-order valence-electron chi connectivity index (χ0n) is 9.59. The van der Waals surface area contributed by atoms with Gasteiger partial charge in [-0.05, 0) is 24.8 Å². The molecule has 0 bridgehead atoms. The van der Waals surface area contributed by atoms with Gasteiger partial charge in [0, 0.05) is 18.8 Å². The molecule has 0 aliphatic heterocycles. The van der Waals surface area contributed by atoms with E-state index in [9.17, 15) is 0 Å². The third-order valence-electron chi connectivity index (χ3n) is 2.83. The van der Waals surface area contributed by atoms with Crippen LogP contribution >= 0.6 is 0 Å². The summed E-state index contributed by atoms with van der Waals surface area (Å²) in [5, 5.41) is 10.4. The molecule has 1 aromatic rings. The molecule has 0 aliphatic carbocycles. The van der Waals surface area contributed by atoms with Crippen LogP contribution in [0.1, 0.15) is 45.9 Å². The first-order valence-corrected chi connectivity index (χ1v) is 5.28. The van der Waals surface area contributed by atoms with E-state index in [4.69, 9.17) is 0 Å². The van der Waals surface area contributed by atoms with Crippen LogP contribution < -0.4 is 5.32 Å². The van der Waals surface area contributed by atoms with E-state index in [0.29, 0.717) is 11.5 Å². The number of H-pyrrole nitrogens is 1. The Labute approximate surface area is 86.3 Å². The molecule has 3 nitrogen and oxygen atoms in total. The molecule has 14 heavy (non-hydrogen) atoms. The van der Waals surface area contributed by atoms with Crippen LogP contribution in [-0.4, -0.2) is 16.7 Å². The van der Waals surface area contributed by atoms with Crippen molar-refractivity contribution in [2.24, 2.45) is 5.41 Å². The number of nitrogens with zero attached hydrogens (tertiary/aromatic N) is 1. The van der Waals surface area contributed by atoms with Crippen LogP contribution in [-0.2, 0) is 0 Å². The minimum Gasteiger partial charge on any atom is -0.308 e. The molecule has 2 N–H and O–H groups in total. The molecule has 0 fully saturated rings. The summed E-state index contributed by atoms with van der Waals surface area (Å²) in [5.41, 5.74) is 1.52. The summed E-state index contributed by atoms with van der Waals surface area (Å²) in [5.74, 6) is 0. The zero-order valence-corrected chi connectivity index (χ0v) is 9.59. The van der Waals surface area contributed by atoms with E-state index in [2.05, 4.69) is 43.2 Å². The fourth-order valence-corrected chi connectivity index (χ4v) is 1.17. The second-order valence-corrected chi connectivity index (χ2v) is 4.63. The number of rotatable bonds is 5. The molecule has 3 heteroatoms. The van der Waals surface area contributed by atoms with E-state index >= 15 is 0 Å². The first-order chi connectivity index (χ1) is 6.55. The Morgan fingerprint density at radius 3 is 2.79 bits per heavy atom. The monoisotopic (exact) mass is 195 g/mol. The average Bonchev–Trinajstić information content (AvgIpc) is 2.67. The van der Waals surface area contributed by atoms with Crippen LogP contribution in [0.5, 0.6) is 0 Å². The summed E-state index contributed by atoms with van der Waals surface area (Å²) in [6.07, 6.45) is 2.98. The van der Waals surface area contributed by atoms with Gasteiger partial charge in [-0.25, -0.2) is 0 Å². The SMILES string of the molecule is CCC(C)(C)CNC(C)c1ccn[nH]1. The highest BCUT2D eigenvalue weighted by Crippen LogP contribution is 2.19. The van der Waals surface area contributed by atoms with E-state index in [1.807, 2.05) is 6.07 Å². The molecule has 0 spiro atoms. The molecule has 1 aromatic heterocycles. The van der Waals surface area contributed by atoms with Gasteiger partial charge in [0.25, 0.3) is 0 Å². The summed E-state index contributed by atoms with van der Waals surface area (Å²) >= 11 is 0. The summed E-state index contributed by atoms with van der Waals surface area (Å²) in [4.78, 5) is 0.